The van der Waals surface area contributed by atoms with E-state index in [1.54, 1.807) is 61.7 Å². The van der Waals surface area contributed by atoms with Gasteiger partial charge in [-0.2, -0.15) is 0 Å². The SMILES string of the molecule is COC(=O)c1ccc(N=C2S/C(=C\c3cc(Cl)c(OCc4ccc(F)cc4)c(Cl)c3)C(=O)N2C)cc1. The van der Waals surface area contributed by atoms with Crippen molar-refractivity contribution in [3.8, 4) is 5.75 Å². The molecule has 3 aromatic rings. The molecule has 0 aromatic heterocycles. The molecule has 10 heteroatoms. The van der Waals surface area contributed by atoms with E-state index >= 15 is 0 Å². The maximum Gasteiger partial charge on any atom is 0.337 e. The zero-order chi connectivity index (χ0) is 25.8. The van der Waals surface area contributed by atoms with Gasteiger partial charge >= 0.3 is 5.97 Å². The predicted octanol–water partition coefficient (Wildman–Crippen LogP) is 6.73. The number of thioether (sulfide) groups is 1. The fraction of sp³-hybridized carbons (Fsp3) is 0.115. The lowest BCUT2D eigenvalue weighted by atomic mass is 10.2. The number of hydrogen-bond acceptors (Lipinski definition) is 6. The standard InChI is InChI=1S/C26H19Cl2FN2O4S/c1-31-24(32)22(36-26(31)30-19-9-5-17(6-10-19)25(33)34-2)13-16-11-20(27)23(21(28)12-16)35-14-15-3-7-18(29)8-4-15/h3-13H,14H2,1-2H3/b22-13-,30-26?. The molecule has 0 spiro atoms. The van der Waals surface area contributed by atoms with Gasteiger partial charge < -0.3 is 9.47 Å². The molecule has 0 N–H and O–H groups in total. The van der Waals surface area contributed by atoms with Crippen molar-refractivity contribution in [2.24, 2.45) is 4.99 Å². The van der Waals surface area contributed by atoms with E-state index < -0.39 is 5.97 Å². The molecule has 0 aliphatic carbocycles. The van der Waals surface area contributed by atoms with E-state index in [9.17, 15) is 14.0 Å². The van der Waals surface area contributed by atoms with Crippen LogP contribution in [0.15, 0.2) is 70.6 Å². The van der Waals surface area contributed by atoms with Gasteiger partial charge in [0.15, 0.2) is 10.9 Å². The summed E-state index contributed by atoms with van der Waals surface area (Å²) in [6.45, 7) is 0.166. The van der Waals surface area contributed by atoms with Crippen molar-refractivity contribution in [2.75, 3.05) is 14.2 Å². The van der Waals surface area contributed by atoms with E-state index in [0.29, 0.717) is 32.6 Å². The molecule has 0 saturated carbocycles. The number of amides is 1. The molecule has 1 amide bonds. The highest BCUT2D eigenvalue weighted by molar-refractivity contribution is 8.18. The van der Waals surface area contributed by atoms with Gasteiger partial charge in [-0.05, 0) is 77.5 Å². The van der Waals surface area contributed by atoms with Gasteiger partial charge in [0.05, 0.1) is 33.3 Å². The number of nitrogens with zero attached hydrogens (tertiary/aromatic N) is 2. The molecule has 3 aromatic carbocycles. The molecule has 1 aliphatic rings. The molecule has 36 heavy (non-hydrogen) atoms. The molecule has 184 valence electrons. The number of methoxy groups -OCH3 is 1. The van der Waals surface area contributed by atoms with Crippen molar-refractivity contribution < 1.29 is 23.5 Å². The topological polar surface area (TPSA) is 68.2 Å². The number of benzene rings is 3. The minimum absolute atomic E-state index is 0.166. The second kappa shape index (κ2) is 11.2. The Bertz CT molecular complexity index is 1350. The molecule has 1 aliphatic heterocycles. The molecule has 0 bridgehead atoms. The molecule has 0 unspecified atom stereocenters. The highest BCUT2D eigenvalue weighted by Gasteiger charge is 2.30. The summed E-state index contributed by atoms with van der Waals surface area (Å²) in [6.07, 6.45) is 1.67. The van der Waals surface area contributed by atoms with Gasteiger partial charge in [0, 0.05) is 7.05 Å². The Labute approximate surface area is 221 Å². The summed E-state index contributed by atoms with van der Waals surface area (Å²) < 4.78 is 23.5. The number of ether oxygens (including phenoxy) is 2. The zero-order valence-electron chi connectivity index (χ0n) is 19.1. The second-order valence-corrected chi connectivity index (χ2v) is 9.46. The smallest absolute Gasteiger partial charge is 0.337 e. The maximum atomic E-state index is 13.1. The van der Waals surface area contributed by atoms with Crippen molar-refractivity contribution in [3.63, 3.8) is 0 Å². The van der Waals surface area contributed by atoms with Crippen LogP contribution in [0.5, 0.6) is 5.75 Å². The molecule has 0 radical (unpaired) electrons. The molecule has 1 fully saturated rings. The van der Waals surface area contributed by atoms with E-state index in [4.69, 9.17) is 32.7 Å². The van der Waals surface area contributed by atoms with Crippen molar-refractivity contribution in [2.45, 2.75) is 6.61 Å². The van der Waals surface area contributed by atoms with Crippen LogP contribution in [0.3, 0.4) is 0 Å². The number of rotatable bonds is 6. The molecule has 1 saturated heterocycles. The van der Waals surface area contributed by atoms with Crippen LogP contribution in [-0.2, 0) is 16.1 Å². The third kappa shape index (κ3) is 5.90. The number of amidine groups is 1. The summed E-state index contributed by atoms with van der Waals surface area (Å²) in [6, 6.07) is 15.8. The van der Waals surface area contributed by atoms with Gasteiger partial charge in [-0.15, -0.1) is 0 Å². The third-order valence-corrected chi connectivity index (χ3v) is 6.75. The number of aliphatic imine (C=N–C) groups is 1. The Kier molecular flexibility index (Phi) is 7.98. The fourth-order valence-electron chi connectivity index (χ4n) is 3.24. The van der Waals surface area contributed by atoms with Crippen LogP contribution in [0.4, 0.5) is 10.1 Å². The van der Waals surface area contributed by atoms with Gasteiger partial charge in [-0.1, -0.05) is 35.3 Å². The number of carbonyl (C=O) groups is 2. The van der Waals surface area contributed by atoms with Crippen LogP contribution in [0.25, 0.3) is 6.08 Å². The first-order valence-corrected chi connectivity index (χ1v) is 12.1. The van der Waals surface area contributed by atoms with Gasteiger partial charge in [0.2, 0.25) is 0 Å². The highest BCUT2D eigenvalue weighted by atomic mass is 35.5. The highest BCUT2D eigenvalue weighted by Crippen LogP contribution is 2.38. The summed E-state index contributed by atoms with van der Waals surface area (Å²) in [4.78, 5) is 30.8. The minimum atomic E-state index is -0.439. The Balaban J connectivity index is 1.51. The Morgan fingerprint density at radius 2 is 1.72 bits per heavy atom. The maximum absolute atomic E-state index is 13.1. The summed E-state index contributed by atoms with van der Waals surface area (Å²) in [5, 5.41) is 1.04. The van der Waals surface area contributed by atoms with Crippen LogP contribution in [0.2, 0.25) is 10.0 Å². The van der Waals surface area contributed by atoms with E-state index in [0.717, 1.165) is 5.56 Å². The van der Waals surface area contributed by atoms with Crippen molar-refractivity contribution in [1.29, 1.82) is 0 Å². The first kappa shape index (κ1) is 25.8. The lowest BCUT2D eigenvalue weighted by Crippen LogP contribution is -2.23. The molecule has 0 atom stereocenters. The van der Waals surface area contributed by atoms with Crippen LogP contribution < -0.4 is 4.74 Å². The van der Waals surface area contributed by atoms with Crippen molar-refractivity contribution in [1.82, 2.24) is 4.90 Å². The third-order valence-electron chi connectivity index (χ3n) is 5.13. The van der Waals surface area contributed by atoms with Gasteiger partial charge in [0.1, 0.15) is 12.4 Å². The Morgan fingerprint density at radius 1 is 1.08 bits per heavy atom. The van der Waals surface area contributed by atoms with Crippen molar-refractivity contribution >= 4 is 63.8 Å². The molecular formula is C26H19Cl2FN2O4S. The molecule has 1 heterocycles. The predicted molar refractivity (Wildman–Crippen MR) is 140 cm³/mol. The largest absolute Gasteiger partial charge is 0.486 e. The number of esters is 1. The zero-order valence-corrected chi connectivity index (χ0v) is 21.5. The average molecular weight is 545 g/mol. The first-order valence-electron chi connectivity index (χ1n) is 10.6. The Hall–Kier alpha value is -3.33. The van der Waals surface area contributed by atoms with Crippen LogP contribution in [0, 0.1) is 5.82 Å². The van der Waals surface area contributed by atoms with E-state index in [2.05, 4.69) is 4.99 Å². The van der Waals surface area contributed by atoms with Crippen LogP contribution in [0.1, 0.15) is 21.5 Å². The van der Waals surface area contributed by atoms with Gasteiger partial charge in [-0.3, -0.25) is 9.69 Å². The summed E-state index contributed by atoms with van der Waals surface area (Å²) in [5.74, 6) is -0.702. The summed E-state index contributed by atoms with van der Waals surface area (Å²) >= 11 is 14.0. The lowest BCUT2D eigenvalue weighted by Gasteiger charge is -2.11. The van der Waals surface area contributed by atoms with Crippen LogP contribution in [-0.4, -0.2) is 36.1 Å². The molecule has 6 nitrogen and oxygen atoms in total. The van der Waals surface area contributed by atoms with Crippen LogP contribution >= 0.6 is 35.0 Å². The summed E-state index contributed by atoms with van der Waals surface area (Å²) in [5.41, 5.74) is 2.37. The van der Waals surface area contributed by atoms with Crippen molar-refractivity contribution in [3.05, 3.63) is 98.1 Å². The van der Waals surface area contributed by atoms with E-state index in [1.165, 1.54) is 35.9 Å². The van der Waals surface area contributed by atoms with Gasteiger partial charge in [-0.25, -0.2) is 14.2 Å². The first-order chi connectivity index (χ1) is 17.2. The quantitative estimate of drug-likeness (QED) is 0.254. The number of carbonyl (C=O) groups excluding carboxylic acids is 2. The average Bonchev–Trinajstić information content (AvgIpc) is 3.12. The summed E-state index contributed by atoms with van der Waals surface area (Å²) in [7, 11) is 2.94. The monoisotopic (exact) mass is 544 g/mol. The second-order valence-electron chi connectivity index (χ2n) is 7.64. The number of likely N-dealkylation sites (N-methyl/N-ethyl adjacent to an activating group) is 1. The van der Waals surface area contributed by atoms with E-state index in [1.807, 2.05) is 0 Å². The molecule has 4 rings (SSSR count). The minimum Gasteiger partial charge on any atom is -0.486 e. The molecular weight excluding hydrogens is 526 g/mol. The fourth-order valence-corrected chi connectivity index (χ4v) is 4.84. The normalized spacial score (nSPS) is 15.6. The lowest BCUT2D eigenvalue weighted by molar-refractivity contribution is -0.121. The number of hydrogen-bond donors (Lipinski definition) is 0. The van der Waals surface area contributed by atoms with E-state index in [-0.39, 0.29) is 28.4 Å². The van der Waals surface area contributed by atoms with Gasteiger partial charge in [0.25, 0.3) is 5.91 Å². The Morgan fingerprint density at radius 3 is 2.33 bits per heavy atom. The number of halogens is 3.